The van der Waals surface area contributed by atoms with Gasteiger partial charge >= 0.3 is 12.2 Å². The fourth-order valence-corrected chi connectivity index (χ4v) is 13.2. The van der Waals surface area contributed by atoms with E-state index in [0.29, 0.717) is 80.5 Å². The molecule has 11 rings (SSSR count). The first-order valence-corrected chi connectivity index (χ1v) is 23.2. The maximum atomic E-state index is 14.8. The molecule has 4 atom stereocenters. The molecule has 5 saturated carbocycles. The van der Waals surface area contributed by atoms with Crippen LogP contribution in [0.3, 0.4) is 0 Å². The van der Waals surface area contributed by atoms with E-state index in [1.54, 1.807) is 6.07 Å². The number of amides is 2. The lowest BCUT2D eigenvalue weighted by atomic mass is 9.49. The molecular weight excluding hydrogens is 825 g/mol. The van der Waals surface area contributed by atoms with Gasteiger partial charge in [-0.05, 0) is 179 Å². The molecule has 5 fully saturated rings. The van der Waals surface area contributed by atoms with Gasteiger partial charge in [-0.1, -0.05) is 60.5 Å². The smallest absolute Gasteiger partial charge is 0.416 e. The summed E-state index contributed by atoms with van der Waals surface area (Å²) in [5.74, 6) is 1.26. The quantitative estimate of drug-likeness (QED) is 0.121. The Hall–Kier alpha value is -4.38. The number of aliphatic hydroxyl groups is 2. The Morgan fingerprint density at radius 1 is 0.905 bits per heavy atom. The van der Waals surface area contributed by atoms with Gasteiger partial charge in [0.1, 0.15) is 5.76 Å². The number of nitrogens with zero attached hydrogens (tertiary/aromatic N) is 1. The minimum atomic E-state index is -4.60. The van der Waals surface area contributed by atoms with Crippen LogP contribution in [0, 0.1) is 28.6 Å². The number of rotatable bonds is 8. The predicted octanol–water partition coefficient (Wildman–Crippen LogP) is 12.6. The third kappa shape index (κ3) is 8.76. The number of urea groups is 1. The number of nitrogens with one attached hydrogen (secondary N) is 1. The SMILES string of the molecule is CC1=CCCC2(C)C(CCC2(O)CN(CC23CC4CC(CC(C4)C2)C3)C(=O)Nc2ccccc2)c2ccc(cc2C(=O)c2ccc(-c3cc(C(F)(F)F)ccc3Cl)o2)CC(O)CC1. The number of benzene rings is 3. The summed E-state index contributed by atoms with van der Waals surface area (Å²) in [6.07, 6.45) is 7.85. The second-order valence-corrected chi connectivity index (χ2v) is 20.6. The zero-order valence-electron chi connectivity index (χ0n) is 36.2. The zero-order valence-corrected chi connectivity index (χ0v) is 36.9. The molecule has 63 heavy (non-hydrogen) atoms. The summed E-state index contributed by atoms with van der Waals surface area (Å²) in [6, 6.07) is 20.9. The van der Waals surface area contributed by atoms with Crippen molar-refractivity contribution in [3.05, 3.63) is 124 Å². The van der Waals surface area contributed by atoms with Crippen LogP contribution in [-0.4, -0.2) is 51.7 Å². The number of fused-ring (bicyclic) bond motifs is 8. The van der Waals surface area contributed by atoms with Gasteiger partial charge < -0.3 is 24.8 Å². The number of halogens is 4. The summed E-state index contributed by atoms with van der Waals surface area (Å²) >= 11 is 6.39. The fraction of sp³-hybridized carbons (Fsp3) is 0.500. The Balaban J connectivity index is 1.09. The molecule has 7 aliphatic carbocycles. The van der Waals surface area contributed by atoms with Gasteiger partial charge in [-0.2, -0.15) is 13.2 Å². The third-order valence-electron chi connectivity index (χ3n) is 15.8. The number of furan rings is 1. The van der Waals surface area contributed by atoms with Crippen LogP contribution in [0.25, 0.3) is 11.3 Å². The highest BCUT2D eigenvalue weighted by atomic mass is 35.5. The van der Waals surface area contributed by atoms with Crippen molar-refractivity contribution in [2.75, 3.05) is 18.4 Å². The van der Waals surface area contributed by atoms with Gasteiger partial charge in [0, 0.05) is 28.8 Å². The largest absolute Gasteiger partial charge is 0.453 e. The van der Waals surface area contributed by atoms with E-state index in [0.717, 1.165) is 48.1 Å². The fourth-order valence-electron chi connectivity index (χ4n) is 13.0. The minimum absolute atomic E-state index is 0.0152. The molecule has 7 aliphatic rings. The average molecular weight is 883 g/mol. The van der Waals surface area contributed by atoms with Gasteiger partial charge in [-0.25, -0.2) is 4.79 Å². The number of allylic oxidation sites excluding steroid dienone is 2. The topological polar surface area (TPSA) is 103 Å². The van der Waals surface area contributed by atoms with Crippen LogP contribution >= 0.6 is 11.6 Å². The second-order valence-electron chi connectivity index (χ2n) is 20.2. The third-order valence-corrected chi connectivity index (χ3v) is 16.1. The molecule has 2 amide bonds. The van der Waals surface area contributed by atoms with Crippen molar-refractivity contribution in [2.45, 2.75) is 121 Å². The molecule has 3 N–H and O–H groups in total. The number of carbonyl (C=O) groups is 2. The summed E-state index contributed by atoms with van der Waals surface area (Å²) < 4.78 is 47.2. The maximum Gasteiger partial charge on any atom is 0.416 e. The Kier molecular flexibility index (Phi) is 11.7. The van der Waals surface area contributed by atoms with E-state index in [1.165, 1.54) is 37.5 Å². The van der Waals surface area contributed by atoms with E-state index in [4.69, 9.17) is 16.0 Å². The number of hydrogen-bond acceptors (Lipinski definition) is 5. The Morgan fingerprint density at radius 2 is 1.62 bits per heavy atom. The van der Waals surface area contributed by atoms with E-state index in [-0.39, 0.29) is 46.0 Å². The number of hydrogen-bond donors (Lipinski definition) is 3. The standard InChI is InChI=1S/C52H58ClF3N2O5/c1-32-7-6-19-49(2)43(18-20-51(49,62)31-58(48(61)57-38-8-4-3-5-9-38)30-50-27-34-21-35(28-50)23-36(22-34)29-50)40-14-11-33(24-39(59)13-10-32)25-41(40)47(60)46-17-16-45(63-46)42-26-37(52(54,55)56)12-15-44(42)53/h3-5,7-9,11-12,14-17,25-26,34-36,39,43,59,62H,6,10,13,18-24,27-31H2,1-2H3,(H,57,61). The lowest BCUT2D eigenvalue weighted by molar-refractivity contribution is -0.137. The number of ketones is 1. The van der Waals surface area contributed by atoms with Crippen LogP contribution in [0.15, 0.2) is 94.9 Å². The molecule has 7 nitrogen and oxygen atoms in total. The van der Waals surface area contributed by atoms with Crippen molar-refractivity contribution < 1.29 is 37.4 Å². The van der Waals surface area contributed by atoms with Gasteiger partial charge in [-0.15, -0.1) is 0 Å². The van der Waals surface area contributed by atoms with Crippen molar-refractivity contribution in [2.24, 2.45) is 28.6 Å². The predicted molar refractivity (Wildman–Crippen MR) is 239 cm³/mol. The van der Waals surface area contributed by atoms with E-state index in [2.05, 4.69) is 25.2 Å². The summed E-state index contributed by atoms with van der Waals surface area (Å²) in [6.45, 7) is 4.91. The molecule has 4 unspecified atom stereocenters. The van der Waals surface area contributed by atoms with Gasteiger partial charge in [-0.3, -0.25) is 4.79 Å². The van der Waals surface area contributed by atoms with Crippen LogP contribution in [0.5, 0.6) is 0 Å². The number of para-hydroxylation sites is 1. The zero-order chi connectivity index (χ0) is 44.3. The highest BCUT2D eigenvalue weighted by Crippen LogP contribution is 2.62. The molecule has 0 radical (unpaired) electrons. The summed E-state index contributed by atoms with van der Waals surface area (Å²) in [7, 11) is 0. The molecule has 3 aromatic carbocycles. The number of anilines is 1. The van der Waals surface area contributed by atoms with Crippen LogP contribution in [0.2, 0.25) is 5.02 Å². The molecular formula is C52H58ClF3N2O5. The summed E-state index contributed by atoms with van der Waals surface area (Å²) in [4.78, 5) is 31.4. The van der Waals surface area contributed by atoms with Gasteiger partial charge in [0.15, 0.2) is 5.76 Å². The Bertz CT molecular complexity index is 2360. The molecule has 11 heteroatoms. The summed E-state index contributed by atoms with van der Waals surface area (Å²) in [5, 5.41) is 27.8. The Labute approximate surface area is 373 Å². The molecule has 0 aliphatic heterocycles. The van der Waals surface area contributed by atoms with Crippen molar-refractivity contribution in [3.63, 3.8) is 0 Å². The molecule has 4 aromatic rings. The number of carbonyl (C=O) groups excluding carboxylic acids is 2. The summed E-state index contributed by atoms with van der Waals surface area (Å²) in [5.41, 5.74) is 0.705. The van der Waals surface area contributed by atoms with Crippen molar-refractivity contribution >= 4 is 29.1 Å². The van der Waals surface area contributed by atoms with Crippen molar-refractivity contribution in [3.8, 4) is 11.3 Å². The first-order chi connectivity index (χ1) is 30.0. The number of alkyl halides is 3. The lowest BCUT2D eigenvalue weighted by Crippen LogP contribution is -2.58. The first-order valence-electron chi connectivity index (χ1n) is 22.8. The monoisotopic (exact) mass is 882 g/mol. The van der Waals surface area contributed by atoms with Crippen LogP contribution in [0.1, 0.15) is 130 Å². The highest BCUT2D eigenvalue weighted by Gasteiger charge is 2.59. The van der Waals surface area contributed by atoms with E-state index in [1.807, 2.05) is 47.4 Å². The maximum absolute atomic E-state index is 14.8. The van der Waals surface area contributed by atoms with Crippen LogP contribution in [0.4, 0.5) is 23.7 Å². The number of aliphatic hydroxyl groups excluding tert-OH is 1. The Morgan fingerprint density at radius 3 is 2.32 bits per heavy atom. The molecule has 334 valence electrons. The van der Waals surface area contributed by atoms with Gasteiger partial charge in [0.25, 0.3) is 0 Å². The average Bonchev–Trinajstić information content (AvgIpc) is 3.81. The van der Waals surface area contributed by atoms with Crippen molar-refractivity contribution in [1.29, 1.82) is 0 Å². The first kappa shape index (κ1) is 43.9. The molecule has 0 saturated heterocycles. The molecule has 1 aromatic heterocycles. The van der Waals surface area contributed by atoms with E-state index < -0.39 is 34.6 Å². The lowest BCUT2D eigenvalue weighted by Gasteiger charge is -2.58. The molecule has 6 bridgehead atoms. The van der Waals surface area contributed by atoms with E-state index in [9.17, 15) is 33.0 Å². The normalized spacial score (nSPS) is 30.4. The van der Waals surface area contributed by atoms with Crippen LogP contribution in [-0.2, 0) is 12.6 Å². The molecule has 0 spiro atoms. The molecule has 1 heterocycles. The van der Waals surface area contributed by atoms with Crippen molar-refractivity contribution in [1.82, 2.24) is 4.90 Å². The van der Waals surface area contributed by atoms with Gasteiger partial charge in [0.2, 0.25) is 5.78 Å². The second kappa shape index (κ2) is 16.9. The minimum Gasteiger partial charge on any atom is -0.453 e. The van der Waals surface area contributed by atoms with E-state index >= 15 is 0 Å². The van der Waals surface area contributed by atoms with Gasteiger partial charge in [0.05, 0.1) is 28.8 Å². The van der Waals surface area contributed by atoms with Crippen LogP contribution < -0.4 is 5.32 Å². The highest BCUT2D eigenvalue weighted by molar-refractivity contribution is 6.33.